The molecule has 1 aromatic rings. The quantitative estimate of drug-likeness (QED) is 0.920. The van der Waals surface area contributed by atoms with Gasteiger partial charge in [0.05, 0.1) is 12.9 Å². The number of ether oxygens (including phenoxy) is 1. The summed E-state index contributed by atoms with van der Waals surface area (Å²) in [5, 5.41) is 0. The number of imidazole rings is 1. The standard InChI is InChI=1S/C18H30N4O2/c1-14-4-3-5-15(2)17(14)12-24-18(23)22-8-6-21(7-9-22)11-16-10-19-13-20-16/h10,13-15,17H,3-9,11-12H2,1-2H3,(H,19,20)/t14-,15-/m1/s1. The summed E-state index contributed by atoms with van der Waals surface area (Å²) >= 11 is 0. The molecule has 1 saturated carbocycles. The number of carbonyl (C=O) groups excluding carboxylic acids is 1. The first kappa shape index (κ1) is 17.3. The van der Waals surface area contributed by atoms with Gasteiger partial charge in [-0.2, -0.15) is 0 Å². The van der Waals surface area contributed by atoms with Crippen LogP contribution in [-0.2, 0) is 11.3 Å². The predicted octanol–water partition coefficient (Wildman–Crippen LogP) is 2.74. The molecule has 0 spiro atoms. The van der Waals surface area contributed by atoms with Crippen molar-refractivity contribution in [2.24, 2.45) is 17.8 Å². The fourth-order valence-corrected chi connectivity index (χ4v) is 4.04. The maximum atomic E-state index is 12.3. The van der Waals surface area contributed by atoms with E-state index in [1.165, 1.54) is 19.3 Å². The van der Waals surface area contributed by atoms with Crippen LogP contribution in [0.25, 0.3) is 0 Å². The number of carbonyl (C=O) groups is 1. The number of H-pyrrole nitrogens is 1. The van der Waals surface area contributed by atoms with Gasteiger partial charge >= 0.3 is 6.09 Å². The first-order valence-corrected chi connectivity index (χ1v) is 9.25. The Morgan fingerprint density at radius 1 is 1.25 bits per heavy atom. The van der Waals surface area contributed by atoms with Crippen LogP contribution >= 0.6 is 0 Å². The Kier molecular flexibility index (Phi) is 5.76. The van der Waals surface area contributed by atoms with Gasteiger partial charge in [-0.25, -0.2) is 9.78 Å². The molecule has 0 radical (unpaired) electrons. The molecule has 1 amide bonds. The molecule has 6 heteroatoms. The van der Waals surface area contributed by atoms with E-state index in [4.69, 9.17) is 4.74 Å². The Morgan fingerprint density at radius 3 is 2.58 bits per heavy atom. The maximum absolute atomic E-state index is 12.3. The predicted molar refractivity (Wildman–Crippen MR) is 92.5 cm³/mol. The lowest BCUT2D eigenvalue weighted by Crippen LogP contribution is -2.48. The third-order valence-corrected chi connectivity index (χ3v) is 5.76. The molecule has 2 aliphatic rings. The van der Waals surface area contributed by atoms with Crippen LogP contribution in [0.2, 0.25) is 0 Å². The SMILES string of the molecule is C[C@@H]1CCC[C@@H](C)C1COC(=O)N1CCN(Cc2cnc[nH]2)CC1. The van der Waals surface area contributed by atoms with Crippen molar-refractivity contribution in [3.8, 4) is 0 Å². The molecule has 0 bridgehead atoms. The molecule has 1 aliphatic carbocycles. The van der Waals surface area contributed by atoms with Crippen LogP contribution in [0.4, 0.5) is 4.79 Å². The van der Waals surface area contributed by atoms with E-state index in [9.17, 15) is 4.79 Å². The van der Waals surface area contributed by atoms with Gasteiger partial charge in [0, 0.05) is 44.6 Å². The summed E-state index contributed by atoms with van der Waals surface area (Å²) < 4.78 is 5.66. The maximum Gasteiger partial charge on any atom is 0.409 e. The van der Waals surface area contributed by atoms with Gasteiger partial charge in [0.1, 0.15) is 0 Å². The van der Waals surface area contributed by atoms with E-state index in [2.05, 4.69) is 28.7 Å². The van der Waals surface area contributed by atoms with Gasteiger partial charge in [0.15, 0.2) is 0 Å². The Bertz CT molecular complexity index is 501. The fraction of sp³-hybridized carbons (Fsp3) is 0.778. The second kappa shape index (κ2) is 8.01. The second-order valence-electron chi connectivity index (χ2n) is 7.47. The zero-order valence-electron chi connectivity index (χ0n) is 14.9. The van der Waals surface area contributed by atoms with Crippen LogP contribution in [0, 0.1) is 17.8 Å². The second-order valence-corrected chi connectivity index (χ2v) is 7.47. The molecule has 2 fully saturated rings. The summed E-state index contributed by atoms with van der Waals surface area (Å²) in [4.78, 5) is 23.7. The van der Waals surface area contributed by atoms with Crippen molar-refractivity contribution in [2.75, 3.05) is 32.8 Å². The highest BCUT2D eigenvalue weighted by Crippen LogP contribution is 2.34. The third kappa shape index (κ3) is 4.29. The van der Waals surface area contributed by atoms with Crippen LogP contribution in [0.3, 0.4) is 0 Å². The Balaban J connectivity index is 1.40. The zero-order chi connectivity index (χ0) is 16.9. The normalized spacial score (nSPS) is 26.5. The van der Waals surface area contributed by atoms with Gasteiger partial charge in [0.25, 0.3) is 0 Å². The molecular weight excluding hydrogens is 304 g/mol. The van der Waals surface area contributed by atoms with Gasteiger partial charge < -0.3 is 14.6 Å². The fourth-order valence-electron chi connectivity index (χ4n) is 4.04. The molecule has 134 valence electrons. The molecule has 3 rings (SSSR count). The largest absolute Gasteiger partial charge is 0.449 e. The van der Waals surface area contributed by atoms with Crippen molar-refractivity contribution in [2.45, 2.75) is 39.7 Å². The average Bonchev–Trinajstić information content (AvgIpc) is 3.08. The summed E-state index contributed by atoms with van der Waals surface area (Å²) in [5.74, 6) is 1.84. The number of aromatic nitrogens is 2. The van der Waals surface area contributed by atoms with Crippen LogP contribution in [0.1, 0.15) is 38.8 Å². The summed E-state index contributed by atoms with van der Waals surface area (Å²) in [6, 6.07) is 0. The van der Waals surface area contributed by atoms with Crippen LogP contribution in [-0.4, -0.2) is 58.6 Å². The number of hydrogen-bond donors (Lipinski definition) is 1. The summed E-state index contributed by atoms with van der Waals surface area (Å²) in [5.41, 5.74) is 1.12. The average molecular weight is 334 g/mol. The molecule has 1 N–H and O–H groups in total. The molecule has 2 atom stereocenters. The van der Waals surface area contributed by atoms with Crippen LogP contribution in [0.5, 0.6) is 0 Å². The van der Waals surface area contributed by atoms with E-state index in [0.29, 0.717) is 24.4 Å². The summed E-state index contributed by atoms with van der Waals surface area (Å²) in [7, 11) is 0. The Hall–Kier alpha value is -1.56. The highest BCUT2D eigenvalue weighted by atomic mass is 16.6. The van der Waals surface area contributed by atoms with Crippen molar-refractivity contribution in [1.82, 2.24) is 19.8 Å². The smallest absolute Gasteiger partial charge is 0.409 e. The van der Waals surface area contributed by atoms with Gasteiger partial charge in [-0.15, -0.1) is 0 Å². The molecular formula is C18H30N4O2. The number of rotatable bonds is 4. The van der Waals surface area contributed by atoms with Gasteiger partial charge in [-0.3, -0.25) is 4.90 Å². The van der Waals surface area contributed by atoms with Crippen molar-refractivity contribution < 1.29 is 9.53 Å². The van der Waals surface area contributed by atoms with E-state index in [-0.39, 0.29) is 6.09 Å². The van der Waals surface area contributed by atoms with E-state index >= 15 is 0 Å². The zero-order valence-corrected chi connectivity index (χ0v) is 14.9. The minimum absolute atomic E-state index is 0.138. The number of nitrogens with one attached hydrogen (secondary N) is 1. The highest BCUT2D eigenvalue weighted by molar-refractivity contribution is 5.67. The summed E-state index contributed by atoms with van der Waals surface area (Å²) in [6.07, 6.45) is 7.26. The molecule has 1 aliphatic heterocycles. The lowest BCUT2D eigenvalue weighted by Gasteiger charge is -2.36. The van der Waals surface area contributed by atoms with E-state index in [0.717, 1.165) is 38.4 Å². The number of amides is 1. The Labute approximate surface area is 144 Å². The molecule has 1 aromatic heterocycles. The van der Waals surface area contributed by atoms with Gasteiger partial charge in [-0.1, -0.05) is 33.1 Å². The number of piperazine rings is 1. The number of nitrogens with zero attached hydrogens (tertiary/aromatic N) is 3. The molecule has 24 heavy (non-hydrogen) atoms. The van der Waals surface area contributed by atoms with Crippen LogP contribution in [0.15, 0.2) is 12.5 Å². The minimum atomic E-state index is -0.138. The van der Waals surface area contributed by atoms with E-state index < -0.39 is 0 Å². The first-order valence-electron chi connectivity index (χ1n) is 9.25. The molecule has 2 heterocycles. The molecule has 6 nitrogen and oxygen atoms in total. The van der Waals surface area contributed by atoms with E-state index in [1.807, 2.05) is 11.1 Å². The lowest BCUT2D eigenvalue weighted by molar-refractivity contribution is 0.0371. The highest BCUT2D eigenvalue weighted by Gasteiger charge is 2.30. The van der Waals surface area contributed by atoms with Gasteiger partial charge in [-0.05, 0) is 17.8 Å². The molecule has 1 saturated heterocycles. The van der Waals surface area contributed by atoms with Crippen LogP contribution < -0.4 is 0 Å². The number of hydrogen-bond acceptors (Lipinski definition) is 4. The first-order chi connectivity index (χ1) is 11.6. The number of aromatic amines is 1. The topological polar surface area (TPSA) is 61.5 Å². The van der Waals surface area contributed by atoms with E-state index in [1.54, 1.807) is 6.33 Å². The lowest BCUT2D eigenvalue weighted by atomic mass is 9.74. The molecule has 0 unspecified atom stereocenters. The van der Waals surface area contributed by atoms with Crippen molar-refractivity contribution in [1.29, 1.82) is 0 Å². The summed E-state index contributed by atoms with van der Waals surface area (Å²) in [6.45, 7) is 9.26. The Morgan fingerprint density at radius 2 is 1.96 bits per heavy atom. The minimum Gasteiger partial charge on any atom is -0.449 e. The van der Waals surface area contributed by atoms with Crippen molar-refractivity contribution in [3.05, 3.63) is 18.2 Å². The molecule has 0 aromatic carbocycles. The van der Waals surface area contributed by atoms with Gasteiger partial charge in [0.2, 0.25) is 0 Å². The van der Waals surface area contributed by atoms with Crippen molar-refractivity contribution >= 4 is 6.09 Å². The van der Waals surface area contributed by atoms with Crippen molar-refractivity contribution in [3.63, 3.8) is 0 Å². The monoisotopic (exact) mass is 334 g/mol. The third-order valence-electron chi connectivity index (χ3n) is 5.76.